The molecule has 1 aromatic heterocycles. The van der Waals surface area contributed by atoms with Crippen molar-refractivity contribution in [3.05, 3.63) is 46.9 Å². The molecule has 0 unspecified atom stereocenters. The van der Waals surface area contributed by atoms with Crippen LogP contribution in [0.1, 0.15) is 1.37 Å². The van der Waals surface area contributed by atoms with E-state index in [0.29, 0.717) is 15.7 Å². The molecular formula is C9H7NO. The second kappa shape index (κ2) is 2.23. The molecule has 0 saturated carbocycles. The van der Waals surface area contributed by atoms with Gasteiger partial charge in [-0.25, -0.2) is 0 Å². The average molecular weight is 147 g/mol. The SMILES string of the molecule is [2H]c1cn([2H])c(=O)c2ccccc12. The van der Waals surface area contributed by atoms with Crippen LogP contribution in [0.5, 0.6) is 0 Å². The fraction of sp³-hybridized carbons (Fsp3) is 0. The molecule has 0 aliphatic rings. The van der Waals surface area contributed by atoms with Crippen molar-refractivity contribution in [2.45, 2.75) is 0 Å². The molecule has 0 saturated heterocycles. The zero-order valence-electron chi connectivity index (χ0n) is 7.74. The smallest absolute Gasteiger partial charge is 0.255 e. The summed E-state index contributed by atoms with van der Waals surface area (Å²) in [6.07, 6.45) is 1.20. The Labute approximate surface area is 66.4 Å². The van der Waals surface area contributed by atoms with Crippen molar-refractivity contribution in [3.8, 4) is 0 Å². The quantitative estimate of drug-likeness (QED) is 0.602. The molecule has 0 atom stereocenters. The van der Waals surface area contributed by atoms with E-state index in [0.717, 1.165) is 0 Å². The third-order valence-electron chi connectivity index (χ3n) is 1.56. The maximum atomic E-state index is 11.4. The van der Waals surface area contributed by atoms with Crippen molar-refractivity contribution in [1.29, 1.82) is 0 Å². The Morgan fingerprint density at radius 3 is 3.18 bits per heavy atom. The predicted octanol–water partition coefficient (Wildman–Crippen LogP) is 1.53. The van der Waals surface area contributed by atoms with E-state index in [1.165, 1.54) is 6.20 Å². The number of benzene rings is 1. The Morgan fingerprint density at radius 1 is 1.45 bits per heavy atom. The highest BCUT2D eigenvalue weighted by Crippen LogP contribution is 2.05. The monoisotopic (exact) mass is 147 g/mol. The van der Waals surface area contributed by atoms with Gasteiger partial charge in [-0.15, -0.1) is 0 Å². The molecule has 2 heteroatoms. The first-order chi connectivity index (χ1) is 6.20. The number of pyridine rings is 1. The topological polar surface area (TPSA) is 32.9 Å². The summed E-state index contributed by atoms with van der Waals surface area (Å²) in [5, 5.41) is 1.01. The van der Waals surface area contributed by atoms with Crippen molar-refractivity contribution in [3.63, 3.8) is 0 Å². The van der Waals surface area contributed by atoms with E-state index < -0.39 is 0 Å². The second-order valence-corrected chi connectivity index (χ2v) is 2.25. The average Bonchev–Trinajstić information content (AvgIpc) is 2.15. The van der Waals surface area contributed by atoms with Crippen LogP contribution in [0.4, 0.5) is 0 Å². The number of aromatic nitrogens is 1. The van der Waals surface area contributed by atoms with E-state index in [2.05, 4.69) is 0 Å². The number of rotatable bonds is 0. The number of nitrogens with one attached hydrogen (secondary N) is 1. The van der Waals surface area contributed by atoms with Gasteiger partial charge in [-0.05, 0) is 17.5 Å². The predicted molar refractivity (Wildman–Crippen MR) is 44.6 cm³/mol. The lowest BCUT2D eigenvalue weighted by atomic mass is 10.2. The van der Waals surface area contributed by atoms with Gasteiger partial charge in [0.05, 0.1) is 1.37 Å². The lowest BCUT2D eigenvalue weighted by molar-refractivity contribution is 1.28. The fourth-order valence-electron chi connectivity index (χ4n) is 1.03. The summed E-state index contributed by atoms with van der Waals surface area (Å²) in [7, 11) is 0. The van der Waals surface area contributed by atoms with E-state index in [-0.39, 0.29) is 11.6 Å². The van der Waals surface area contributed by atoms with Gasteiger partial charge in [-0.3, -0.25) is 4.79 Å². The van der Waals surface area contributed by atoms with Gasteiger partial charge in [0.1, 0.15) is 0 Å². The largest absolute Gasteiger partial charge is 0.329 e. The van der Waals surface area contributed by atoms with Crippen LogP contribution in [0.2, 0.25) is 1.41 Å². The van der Waals surface area contributed by atoms with Crippen molar-refractivity contribution < 1.29 is 2.78 Å². The molecule has 1 N–H and O–H groups in total. The van der Waals surface area contributed by atoms with E-state index in [9.17, 15) is 4.79 Å². The summed E-state index contributed by atoms with van der Waals surface area (Å²) in [6, 6.07) is 7.03. The Morgan fingerprint density at radius 2 is 2.27 bits per heavy atom. The molecule has 0 aliphatic carbocycles. The van der Waals surface area contributed by atoms with Crippen molar-refractivity contribution in [2.24, 2.45) is 0 Å². The molecule has 54 valence electrons. The second-order valence-electron chi connectivity index (χ2n) is 2.25. The van der Waals surface area contributed by atoms with Gasteiger partial charge in [-0.2, -0.15) is 0 Å². The molecule has 2 rings (SSSR count). The zero-order chi connectivity index (χ0) is 9.42. The van der Waals surface area contributed by atoms with E-state index >= 15 is 0 Å². The van der Waals surface area contributed by atoms with Crippen molar-refractivity contribution >= 4 is 10.8 Å². The number of H-pyrrole nitrogens is 1. The third-order valence-corrected chi connectivity index (χ3v) is 1.56. The normalized spacial score (nSPS) is 12.7. The Bertz CT molecular complexity index is 518. The summed E-state index contributed by atoms with van der Waals surface area (Å²) in [6.45, 7) is 0. The van der Waals surface area contributed by atoms with Gasteiger partial charge in [-0.1, -0.05) is 18.2 Å². The van der Waals surface area contributed by atoms with Crippen molar-refractivity contribution in [1.82, 2.24) is 4.98 Å². The molecule has 1 heterocycles. The first-order valence-electron chi connectivity index (χ1n) is 4.25. The molecule has 2 aromatic rings. The molecule has 0 amide bonds. The summed E-state index contributed by atoms with van der Waals surface area (Å²) in [5.41, 5.74) is -0.383. The maximum absolute atomic E-state index is 11.4. The molecule has 0 bridgehead atoms. The Balaban J connectivity index is 3.06. The lowest BCUT2D eigenvalue weighted by Gasteiger charge is -1.92. The van der Waals surface area contributed by atoms with Crippen molar-refractivity contribution in [2.75, 3.05) is 0 Å². The number of hydrogen-bond acceptors (Lipinski definition) is 1. The van der Waals surface area contributed by atoms with Crippen LogP contribution in [-0.4, -0.2) is 4.98 Å². The van der Waals surface area contributed by atoms with E-state index in [1.807, 2.05) is 0 Å². The highest BCUT2D eigenvalue weighted by atomic mass is 16.1. The van der Waals surface area contributed by atoms with Gasteiger partial charge in [0, 0.05) is 11.6 Å². The zero-order valence-corrected chi connectivity index (χ0v) is 5.74. The third kappa shape index (κ3) is 0.923. The Kier molecular flexibility index (Phi) is 0.881. The minimum atomic E-state index is -0.383. The molecule has 0 fully saturated rings. The molecule has 0 aliphatic heterocycles. The van der Waals surface area contributed by atoms with Gasteiger partial charge < -0.3 is 4.98 Å². The van der Waals surface area contributed by atoms with Gasteiger partial charge >= 0.3 is 0 Å². The van der Waals surface area contributed by atoms with Crippen LogP contribution in [0, 0.1) is 0 Å². The van der Waals surface area contributed by atoms with Crippen LogP contribution in [-0.2, 0) is 0 Å². The van der Waals surface area contributed by atoms with Crippen LogP contribution in [0.15, 0.2) is 41.3 Å². The minimum absolute atomic E-state index is 0.199. The van der Waals surface area contributed by atoms with E-state index in [4.69, 9.17) is 2.78 Å². The summed E-state index contributed by atoms with van der Waals surface area (Å²) in [4.78, 5) is 12.1. The summed E-state index contributed by atoms with van der Waals surface area (Å²) >= 11 is 0. The molecule has 0 radical (unpaired) electrons. The lowest BCUT2D eigenvalue weighted by Crippen LogP contribution is -2.03. The fourth-order valence-corrected chi connectivity index (χ4v) is 1.03. The van der Waals surface area contributed by atoms with Crippen LogP contribution < -0.4 is 5.56 Å². The van der Waals surface area contributed by atoms with Gasteiger partial charge in [0.2, 0.25) is 0 Å². The summed E-state index contributed by atoms with van der Waals surface area (Å²) < 4.78 is 14.7. The highest BCUT2D eigenvalue weighted by molar-refractivity contribution is 5.80. The number of hydrogen-bond donors (Lipinski definition) is 1. The number of fused-ring (bicyclic) bond motifs is 1. The van der Waals surface area contributed by atoms with Crippen LogP contribution in [0.25, 0.3) is 10.8 Å². The summed E-state index contributed by atoms with van der Waals surface area (Å²) in [5.74, 6) is 0. The highest BCUT2D eigenvalue weighted by Gasteiger charge is 1.92. The maximum Gasteiger partial charge on any atom is 0.255 e. The van der Waals surface area contributed by atoms with Crippen LogP contribution >= 0.6 is 0 Å². The van der Waals surface area contributed by atoms with Crippen LogP contribution in [0.3, 0.4) is 0 Å². The molecule has 2 nitrogen and oxygen atoms in total. The minimum Gasteiger partial charge on any atom is -0.329 e. The number of aromatic amines is 1. The Hall–Kier alpha value is -1.57. The molecule has 1 aromatic carbocycles. The standard InChI is InChI=1S/C9H7NO/c11-9-8-4-2-1-3-7(8)5-6-10-9/h1-6H,(H,10,11)/i5D/hD. The van der Waals surface area contributed by atoms with Gasteiger partial charge in [0.15, 0.2) is 1.41 Å². The molecule has 11 heavy (non-hydrogen) atoms. The van der Waals surface area contributed by atoms with E-state index in [1.54, 1.807) is 24.3 Å². The van der Waals surface area contributed by atoms with Gasteiger partial charge in [0.25, 0.3) is 5.56 Å². The first-order valence-corrected chi connectivity index (χ1v) is 3.30. The molecular weight excluding hydrogens is 138 g/mol. The molecule has 0 spiro atoms. The first kappa shape index (κ1) is 4.34.